The molecule has 2 aromatic rings. The summed E-state index contributed by atoms with van der Waals surface area (Å²) in [5, 5.41) is 0. The Labute approximate surface area is 490 Å². The van der Waals surface area contributed by atoms with E-state index in [2.05, 4.69) is 93.5 Å². The molecule has 0 radical (unpaired) electrons. The van der Waals surface area contributed by atoms with Crippen molar-refractivity contribution >= 4 is 11.4 Å². The van der Waals surface area contributed by atoms with Gasteiger partial charge in [-0.15, -0.1) is 0 Å². The number of nitrogens with zero attached hydrogens (tertiary/aromatic N) is 2. The van der Waals surface area contributed by atoms with Crippen molar-refractivity contribution in [3.8, 4) is 0 Å². The van der Waals surface area contributed by atoms with Crippen molar-refractivity contribution < 1.29 is 22.7 Å². The Morgan fingerprint density at radius 2 is 0.506 bits per heavy atom. The average molecular weight is 1150 g/mol. The number of unbranched alkanes of at least 4 members (excludes halogenated alkanes) is 28. The third-order valence-electron chi connectivity index (χ3n) is 16.8. The second-order valence-electron chi connectivity index (χ2n) is 23.9. The Morgan fingerprint density at radius 1 is 0.273 bits per heavy atom. The van der Waals surface area contributed by atoms with E-state index in [1.807, 2.05) is 0 Å². The van der Waals surface area contributed by atoms with Crippen LogP contribution in [0.25, 0.3) is 16.9 Å². The Hall–Kier alpha value is -1.82. The van der Waals surface area contributed by atoms with Gasteiger partial charge in [-0.05, 0) is 160 Å². The first-order valence-electron chi connectivity index (χ1n) is 34.6. The van der Waals surface area contributed by atoms with Crippen LogP contribution in [0.4, 0.5) is 0 Å². The Bertz CT molecular complexity index is 1750. The molecule has 1 aliphatic rings. The molecule has 0 saturated heterocycles. The zero-order chi connectivity index (χ0) is 56.0. The normalized spacial score (nSPS) is 12.7. The number of rotatable bonds is 50. The van der Waals surface area contributed by atoms with Gasteiger partial charge in [0.2, 0.25) is 11.4 Å². The SMILES string of the molecule is CCCCCC1=C(c2cc(CCCCC)c(CCCCC)c(CCCCC)c2)[N+](=[N-])C(c2cc(CCCC)c(CCCC)c(CCCC)c2)=C1CCCC.CCCCCCCCCC[CH2][Pd][CH2]CCCCCCCCCC. The molecule has 0 aromatic heterocycles. The summed E-state index contributed by atoms with van der Waals surface area (Å²) >= 11 is 1.07. The molecule has 2 aromatic carbocycles. The van der Waals surface area contributed by atoms with Gasteiger partial charge < -0.3 is 5.53 Å². The first kappa shape index (κ1) is 71.3. The van der Waals surface area contributed by atoms with Gasteiger partial charge in [0.1, 0.15) is 0 Å². The van der Waals surface area contributed by atoms with Crippen LogP contribution >= 0.6 is 0 Å². The number of aryl methyl sites for hydroxylation is 4. The molecule has 446 valence electrons. The van der Waals surface area contributed by atoms with Crippen LogP contribution in [0.1, 0.15) is 371 Å². The van der Waals surface area contributed by atoms with E-state index in [9.17, 15) is 5.53 Å². The number of hydrogen-bond donors (Lipinski definition) is 0. The zero-order valence-electron chi connectivity index (χ0n) is 53.5. The van der Waals surface area contributed by atoms with Crippen LogP contribution in [0.15, 0.2) is 35.4 Å². The first-order valence-corrected chi connectivity index (χ1v) is 36.8. The predicted octanol–water partition coefficient (Wildman–Crippen LogP) is 25.8. The van der Waals surface area contributed by atoms with Crippen molar-refractivity contribution in [1.29, 1.82) is 0 Å². The van der Waals surface area contributed by atoms with E-state index < -0.39 is 0 Å². The van der Waals surface area contributed by atoms with E-state index in [1.54, 1.807) is 47.9 Å². The third-order valence-corrected chi connectivity index (χ3v) is 18.9. The van der Waals surface area contributed by atoms with E-state index in [4.69, 9.17) is 0 Å². The predicted molar refractivity (Wildman–Crippen MR) is 344 cm³/mol. The molecule has 0 aliphatic carbocycles. The quantitative estimate of drug-likeness (QED) is 0.0358. The summed E-state index contributed by atoms with van der Waals surface area (Å²) in [6.07, 6.45) is 60.2. The van der Waals surface area contributed by atoms with Crippen LogP contribution in [-0.4, -0.2) is 4.70 Å². The van der Waals surface area contributed by atoms with Gasteiger partial charge in [-0.2, -0.15) is 0 Å². The van der Waals surface area contributed by atoms with Crippen LogP contribution in [-0.2, 0) is 56.5 Å². The molecule has 3 heteroatoms. The van der Waals surface area contributed by atoms with Crippen LogP contribution in [0, 0.1) is 0 Å². The Morgan fingerprint density at radius 3 is 0.857 bits per heavy atom. The summed E-state index contributed by atoms with van der Waals surface area (Å²) in [5.74, 6) is 0. The fourth-order valence-corrected chi connectivity index (χ4v) is 13.8. The summed E-state index contributed by atoms with van der Waals surface area (Å²) in [6, 6.07) is 10.1. The van der Waals surface area contributed by atoms with Gasteiger partial charge in [-0.1, -0.05) is 132 Å². The molecule has 77 heavy (non-hydrogen) atoms. The van der Waals surface area contributed by atoms with Crippen LogP contribution in [0.5, 0.6) is 0 Å². The molecule has 0 fully saturated rings. The molecule has 3 rings (SSSR count). The summed E-state index contributed by atoms with van der Waals surface area (Å²) in [7, 11) is 0. The molecule has 2 nitrogen and oxygen atoms in total. The standard InChI is InChI=1S/C52H84N2.2C11H23.Pd/c1-9-17-25-31-43-39-46(40-44(32-26-18-10-2)48(43)35-27-19-11-3)52-50(36-28-20-12-4)49(34-24-16-8)51(54(52)53)45-37-41(29-21-13-5)47(33-23-15-7)42(38-45)30-22-14-6;2*1-3-5-7-9-11-10-8-6-4-2;/h37-40H,9-36H2,1-8H3;2*1,3-11H2,2H3;. The van der Waals surface area contributed by atoms with Crippen molar-refractivity contribution in [2.45, 2.75) is 374 Å². The molecule has 0 saturated carbocycles. The van der Waals surface area contributed by atoms with E-state index in [1.165, 1.54) is 266 Å². The van der Waals surface area contributed by atoms with Gasteiger partial charge in [-0.3, -0.25) is 0 Å². The second-order valence-corrected chi connectivity index (χ2v) is 26.2. The van der Waals surface area contributed by atoms with Gasteiger partial charge in [0.25, 0.3) is 0 Å². The van der Waals surface area contributed by atoms with Crippen molar-refractivity contribution in [2.24, 2.45) is 0 Å². The second kappa shape index (κ2) is 48.9. The molecule has 0 unspecified atom stereocenters. The van der Waals surface area contributed by atoms with Gasteiger partial charge in [0, 0.05) is 22.3 Å². The monoisotopic (exact) mass is 1150 g/mol. The maximum atomic E-state index is 12.9. The average Bonchev–Trinajstić information content (AvgIpc) is 3.78. The molecule has 0 N–H and O–H groups in total. The van der Waals surface area contributed by atoms with E-state index in [0.717, 1.165) is 80.7 Å². The van der Waals surface area contributed by atoms with Gasteiger partial charge in [0.05, 0.1) is 0 Å². The summed E-state index contributed by atoms with van der Waals surface area (Å²) in [5.41, 5.74) is 29.9. The van der Waals surface area contributed by atoms with Crippen molar-refractivity contribution in [1.82, 2.24) is 0 Å². The third kappa shape index (κ3) is 29.6. The Balaban J connectivity index is 0.000000739. The molecule has 0 bridgehead atoms. The van der Waals surface area contributed by atoms with E-state index >= 15 is 0 Å². The Kier molecular flexibility index (Phi) is 45.2. The number of benzene rings is 2. The summed E-state index contributed by atoms with van der Waals surface area (Å²) in [6.45, 7) is 23.2. The van der Waals surface area contributed by atoms with Crippen molar-refractivity contribution in [2.75, 3.05) is 0 Å². The van der Waals surface area contributed by atoms with E-state index in [-0.39, 0.29) is 0 Å². The maximum absolute atomic E-state index is 12.9. The molecule has 0 atom stereocenters. The number of allylic oxidation sites excluding steroid dienone is 2. The molecular formula is C74H130N2Pd. The summed E-state index contributed by atoms with van der Waals surface area (Å²) < 4.78 is 1.72. The molecule has 1 aliphatic heterocycles. The number of hydrogen-bond acceptors (Lipinski definition) is 0. The van der Waals surface area contributed by atoms with Gasteiger partial charge in [-0.25, -0.2) is 4.70 Å². The summed E-state index contributed by atoms with van der Waals surface area (Å²) in [4.78, 5) is 3.09. The van der Waals surface area contributed by atoms with Crippen molar-refractivity contribution in [3.63, 3.8) is 0 Å². The zero-order valence-corrected chi connectivity index (χ0v) is 55.0. The minimum atomic E-state index is 1.03. The van der Waals surface area contributed by atoms with Crippen LogP contribution in [0.2, 0.25) is 9.79 Å². The molecular weight excluding hydrogens is 1020 g/mol. The fraction of sp³-hybridized carbons (Fsp3) is 0.784. The fourth-order valence-electron chi connectivity index (χ4n) is 11.9. The minimum absolute atomic E-state index is 1.03. The first-order chi connectivity index (χ1) is 37.8. The molecule has 1 heterocycles. The van der Waals surface area contributed by atoms with Crippen molar-refractivity contribution in [3.05, 3.63) is 85.5 Å². The molecule has 0 amide bonds. The van der Waals surface area contributed by atoms with E-state index in [0.29, 0.717) is 0 Å². The van der Waals surface area contributed by atoms with Gasteiger partial charge in [0.15, 0.2) is 0 Å². The van der Waals surface area contributed by atoms with Crippen LogP contribution in [0.3, 0.4) is 0 Å². The van der Waals surface area contributed by atoms with Gasteiger partial charge >= 0.3 is 157 Å². The van der Waals surface area contributed by atoms with Crippen LogP contribution < -0.4 is 0 Å². The molecule has 0 spiro atoms. The topological polar surface area (TPSA) is 25.3 Å².